The van der Waals surface area contributed by atoms with Gasteiger partial charge in [0.15, 0.2) is 11.9 Å². The van der Waals surface area contributed by atoms with E-state index in [1.54, 1.807) is 20.8 Å². The Labute approximate surface area is 170 Å². The summed E-state index contributed by atoms with van der Waals surface area (Å²) in [5.74, 6) is 1.55. The smallest absolute Gasteiger partial charge is 0.235 e. The number of nitrogens with zero attached hydrogens (tertiary/aromatic N) is 3. The van der Waals surface area contributed by atoms with E-state index in [9.17, 15) is 5.11 Å². The van der Waals surface area contributed by atoms with Gasteiger partial charge in [0.2, 0.25) is 10.8 Å². The summed E-state index contributed by atoms with van der Waals surface area (Å²) in [5, 5.41) is 15.5. The van der Waals surface area contributed by atoms with E-state index in [0.717, 1.165) is 48.3 Å². The van der Waals surface area contributed by atoms with Crippen LogP contribution in [0.25, 0.3) is 4.96 Å². The highest BCUT2D eigenvalue weighted by Crippen LogP contribution is 2.35. The van der Waals surface area contributed by atoms with Crippen molar-refractivity contribution in [3.8, 4) is 5.88 Å². The molecule has 1 aromatic carbocycles. The topological polar surface area (TPSA) is 59.3 Å². The Morgan fingerprint density at radius 3 is 2.32 bits per heavy atom. The van der Waals surface area contributed by atoms with Crippen molar-refractivity contribution in [3.63, 3.8) is 0 Å². The Hall–Kier alpha value is -1.96. The minimum absolute atomic E-state index is 0.118. The van der Waals surface area contributed by atoms with Gasteiger partial charge in [-0.25, -0.2) is 4.98 Å². The lowest BCUT2D eigenvalue weighted by Crippen LogP contribution is -3.27. The molecular formula is C21H31N5OS+2. The van der Waals surface area contributed by atoms with E-state index >= 15 is 0 Å². The van der Waals surface area contributed by atoms with Crippen LogP contribution < -0.4 is 9.80 Å². The van der Waals surface area contributed by atoms with Crippen molar-refractivity contribution in [2.75, 3.05) is 33.2 Å². The normalized spacial score (nSPS) is 21.5. The first-order chi connectivity index (χ1) is 13.5. The Kier molecular flexibility index (Phi) is 5.40. The summed E-state index contributed by atoms with van der Waals surface area (Å²) in [4.78, 5) is 9.43. The summed E-state index contributed by atoms with van der Waals surface area (Å²) in [6.45, 7) is 11.0. The number of aromatic nitrogens is 3. The third-order valence-electron chi connectivity index (χ3n) is 5.91. The summed E-state index contributed by atoms with van der Waals surface area (Å²) in [7, 11) is 2.26. The first-order valence-electron chi connectivity index (χ1n) is 10.3. The highest BCUT2D eigenvalue weighted by molar-refractivity contribution is 7.17. The summed E-state index contributed by atoms with van der Waals surface area (Å²) in [6, 6.07) is 9.07. The molecular weight excluding hydrogens is 370 g/mol. The maximum atomic E-state index is 11.0. The number of nitrogens with one attached hydrogen (secondary N) is 2. The first-order valence-corrected chi connectivity index (χ1v) is 11.1. The van der Waals surface area contributed by atoms with Gasteiger partial charge in [0, 0.05) is 12.0 Å². The van der Waals surface area contributed by atoms with Crippen molar-refractivity contribution in [3.05, 3.63) is 46.1 Å². The van der Waals surface area contributed by atoms with Crippen LogP contribution >= 0.6 is 11.3 Å². The number of rotatable bonds is 5. The number of aryl methyl sites for hydroxylation is 1. The van der Waals surface area contributed by atoms with Gasteiger partial charge in [-0.1, -0.05) is 56.4 Å². The van der Waals surface area contributed by atoms with Crippen molar-refractivity contribution in [1.29, 1.82) is 0 Å². The third-order valence-corrected chi connectivity index (χ3v) is 7.00. The third kappa shape index (κ3) is 3.54. The summed E-state index contributed by atoms with van der Waals surface area (Å²) in [6.07, 6.45) is 0.774. The van der Waals surface area contributed by atoms with Crippen LogP contribution in [0.5, 0.6) is 5.88 Å². The number of quaternary nitrogens is 2. The monoisotopic (exact) mass is 401 g/mol. The second-order valence-electron chi connectivity index (χ2n) is 8.24. The van der Waals surface area contributed by atoms with Gasteiger partial charge in [0.25, 0.3) is 0 Å². The first kappa shape index (κ1) is 19.4. The molecule has 1 aliphatic rings. The van der Waals surface area contributed by atoms with Crippen molar-refractivity contribution >= 4 is 16.3 Å². The SMILES string of the molecule is CCc1nc2sc([C@H](c3ccc(C(C)C)cc3)[NH+]3CC[NH+](C)CC3)c(O)n2n1. The molecule has 1 fully saturated rings. The standard InChI is InChI=1S/C21H29N5OS/c1-5-17-22-21-26(23-17)20(27)19(28-21)18(25-12-10-24(4)11-13-25)16-8-6-15(7-9-16)14(2)3/h6-9,14,18,27H,5,10-13H2,1-4H3/p+2/t18-/m0/s1. The molecule has 2 aromatic heterocycles. The van der Waals surface area contributed by atoms with E-state index in [1.807, 2.05) is 6.92 Å². The fourth-order valence-corrected chi connectivity index (χ4v) is 5.22. The number of thiazole rings is 1. The van der Waals surface area contributed by atoms with Crippen LogP contribution in [-0.2, 0) is 6.42 Å². The number of piperazine rings is 1. The Bertz CT molecular complexity index is 938. The van der Waals surface area contributed by atoms with E-state index in [2.05, 4.69) is 55.2 Å². The zero-order chi connectivity index (χ0) is 19.8. The molecule has 6 nitrogen and oxygen atoms in total. The quantitative estimate of drug-likeness (QED) is 0.589. The van der Waals surface area contributed by atoms with E-state index in [-0.39, 0.29) is 11.9 Å². The largest absolute Gasteiger partial charge is 0.492 e. The second-order valence-corrected chi connectivity index (χ2v) is 9.24. The molecule has 150 valence electrons. The van der Waals surface area contributed by atoms with Gasteiger partial charge in [-0.2, -0.15) is 4.52 Å². The number of hydrogen-bond acceptors (Lipinski definition) is 4. The van der Waals surface area contributed by atoms with Crippen LogP contribution in [0.15, 0.2) is 24.3 Å². The zero-order valence-corrected chi connectivity index (χ0v) is 18.0. The molecule has 3 aromatic rings. The van der Waals surface area contributed by atoms with Gasteiger partial charge in [0.1, 0.15) is 31.1 Å². The zero-order valence-electron chi connectivity index (χ0n) is 17.2. The van der Waals surface area contributed by atoms with Crippen LogP contribution in [0.1, 0.15) is 54.6 Å². The van der Waals surface area contributed by atoms with Crippen molar-refractivity contribution in [2.24, 2.45) is 0 Å². The van der Waals surface area contributed by atoms with Crippen LogP contribution in [-0.4, -0.2) is 52.9 Å². The predicted octanol–water partition coefficient (Wildman–Crippen LogP) is 0.685. The fourth-order valence-electron chi connectivity index (χ4n) is 4.06. The van der Waals surface area contributed by atoms with Gasteiger partial charge < -0.3 is 14.9 Å². The van der Waals surface area contributed by atoms with Crippen molar-refractivity contribution in [2.45, 2.75) is 39.2 Å². The highest BCUT2D eigenvalue weighted by atomic mass is 32.1. The minimum atomic E-state index is 0.118. The average molecular weight is 402 g/mol. The van der Waals surface area contributed by atoms with Crippen LogP contribution in [0.3, 0.4) is 0 Å². The maximum Gasteiger partial charge on any atom is 0.235 e. The number of benzene rings is 1. The molecule has 1 aliphatic heterocycles. The molecule has 7 heteroatoms. The fraction of sp³-hybridized carbons (Fsp3) is 0.524. The second kappa shape index (κ2) is 7.81. The molecule has 4 rings (SSSR count). The Morgan fingerprint density at radius 1 is 1.11 bits per heavy atom. The predicted molar refractivity (Wildman–Crippen MR) is 112 cm³/mol. The van der Waals surface area contributed by atoms with Crippen molar-refractivity contribution in [1.82, 2.24) is 14.6 Å². The summed E-state index contributed by atoms with van der Waals surface area (Å²) in [5.41, 5.74) is 2.61. The van der Waals surface area contributed by atoms with Crippen molar-refractivity contribution < 1.29 is 14.9 Å². The summed E-state index contributed by atoms with van der Waals surface area (Å²) >= 11 is 1.58. The number of aromatic hydroxyl groups is 1. The van der Waals surface area contributed by atoms with Crippen LogP contribution in [0.4, 0.5) is 0 Å². The number of fused-ring (bicyclic) bond motifs is 1. The van der Waals surface area contributed by atoms with Crippen LogP contribution in [0, 0.1) is 0 Å². The van der Waals surface area contributed by atoms with E-state index in [0.29, 0.717) is 5.92 Å². The summed E-state index contributed by atoms with van der Waals surface area (Å²) < 4.78 is 1.62. The van der Waals surface area contributed by atoms with E-state index < -0.39 is 0 Å². The van der Waals surface area contributed by atoms with Gasteiger partial charge in [-0.05, 0) is 11.5 Å². The molecule has 0 unspecified atom stereocenters. The molecule has 0 bridgehead atoms. The molecule has 3 N–H and O–H groups in total. The molecule has 28 heavy (non-hydrogen) atoms. The molecule has 0 radical (unpaired) electrons. The van der Waals surface area contributed by atoms with Gasteiger partial charge in [-0.15, -0.1) is 5.10 Å². The number of likely N-dealkylation sites (N-methyl/N-ethyl adjacent to an activating group) is 1. The molecule has 1 atom stereocenters. The minimum Gasteiger partial charge on any atom is -0.492 e. The van der Waals surface area contributed by atoms with Gasteiger partial charge in [-0.3, -0.25) is 0 Å². The highest BCUT2D eigenvalue weighted by Gasteiger charge is 2.35. The van der Waals surface area contributed by atoms with Crippen LogP contribution in [0.2, 0.25) is 0 Å². The lowest BCUT2D eigenvalue weighted by atomic mass is 9.97. The molecule has 1 saturated heterocycles. The maximum absolute atomic E-state index is 11.0. The lowest BCUT2D eigenvalue weighted by molar-refractivity contribution is -1.02. The molecule has 3 heterocycles. The molecule has 0 aliphatic carbocycles. The molecule has 0 saturated carbocycles. The van der Waals surface area contributed by atoms with E-state index in [1.165, 1.54) is 16.0 Å². The Balaban J connectivity index is 1.76. The molecule has 0 spiro atoms. The Morgan fingerprint density at radius 2 is 1.75 bits per heavy atom. The van der Waals surface area contributed by atoms with E-state index in [4.69, 9.17) is 0 Å². The average Bonchev–Trinajstić information content (AvgIpc) is 3.23. The number of hydrogen-bond donors (Lipinski definition) is 3. The van der Waals surface area contributed by atoms with Gasteiger partial charge >= 0.3 is 0 Å². The lowest BCUT2D eigenvalue weighted by Gasteiger charge is -2.33. The molecule has 0 amide bonds. The van der Waals surface area contributed by atoms with Gasteiger partial charge in [0.05, 0.1) is 7.05 Å².